The molecular formula is C14H19FOS. The van der Waals surface area contributed by atoms with Gasteiger partial charge in [-0.05, 0) is 42.9 Å². The maximum atomic E-state index is 12.7. The summed E-state index contributed by atoms with van der Waals surface area (Å²) in [6, 6.07) is 5.77. The van der Waals surface area contributed by atoms with Crippen LogP contribution in [0.2, 0.25) is 0 Å². The van der Waals surface area contributed by atoms with Crippen LogP contribution in [0.25, 0.3) is 0 Å². The molecular weight excluding hydrogens is 235 g/mol. The van der Waals surface area contributed by atoms with Gasteiger partial charge in [0.15, 0.2) is 5.78 Å². The van der Waals surface area contributed by atoms with Crippen molar-refractivity contribution in [2.45, 2.75) is 32.4 Å². The lowest BCUT2D eigenvalue weighted by Crippen LogP contribution is -2.15. The van der Waals surface area contributed by atoms with Gasteiger partial charge in [-0.2, -0.15) is 11.8 Å². The average molecular weight is 254 g/mol. The van der Waals surface area contributed by atoms with E-state index in [0.29, 0.717) is 11.5 Å². The second-order valence-electron chi connectivity index (χ2n) is 4.36. The summed E-state index contributed by atoms with van der Waals surface area (Å²) in [5, 5.41) is -0.0607. The molecule has 0 saturated carbocycles. The zero-order chi connectivity index (χ0) is 12.8. The molecule has 1 rings (SSSR count). The number of hydrogen-bond donors (Lipinski definition) is 0. The average Bonchev–Trinajstić information content (AvgIpc) is 2.35. The molecule has 0 heterocycles. The summed E-state index contributed by atoms with van der Waals surface area (Å²) >= 11 is 1.67. The number of benzene rings is 1. The smallest absolute Gasteiger partial charge is 0.175 e. The summed E-state index contributed by atoms with van der Waals surface area (Å²) in [6.45, 7) is 6.25. The lowest BCUT2D eigenvalue weighted by molar-refractivity contribution is 0.0994. The minimum Gasteiger partial charge on any atom is -0.293 e. The number of carbonyl (C=O) groups excluding carboxylic acids is 1. The van der Waals surface area contributed by atoms with Gasteiger partial charge in [-0.25, -0.2) is 4.39 Å². The third-order valence-electron chi connectivity index (χ3n) is 2.83. The number of thioether (sulfide) groups is 1. The molecule has 2 atom stereocenters. The van der Waals surface area contributed by atoms with Crippen molar-refractivity contribution < 1.29 is 9.18 Å². The Morgan fingerprint density at radius 3 is 2.41 bits per heavy atom. The van der Waals surface area contributed by atoms with Crippen LogP contribution in [0.1, 0.15) is 37.6 Å². The van der Waals surface area contributed by atoms with Gasteiger partial charge in [0.2, 0.25) is 0 Å². The Kier molecular flexibility index (Phi) is 5.69. The standard InChI is InChI=1S/C14H19FOS/c1-4-10(2)9-17-11(3)14(16)12-5-7-13(15)8-6-12/h5-8,10-11H,4,9H2,1-3H3. The van der Waals surface area contributed by atoms with E-state index in [1.54, 1.807) is 23.9 Å². The molecule has 94 valence electrons. The summed E-state index contributed by atoms with van der Waals surface area (Å²) < 4.78 is 12.7. The Morgan fingerprint density at radius 2 is 1.88 bits per heavy atom. The normalized spacial score (nSPS) is 14.4. The first kappa shape index (κ1) is 14.2. The molecule has 0 fully saturated rings. The van der Waals surface area contributed by atoms with Crippen LogP contribution in [0.3, 0.4) is 0 Å². The molecule has 0 amide bonds. The first-order chi connectivity index (χ1) is 8.04. The van der Waals surface area contributed by atoms with Crippen LogP contribution in [0.4, 0.5) is 4.39 Å². The maximum Gasteiger partial charge on any atom is 0.175 e. The van der Waals surface area contributed by atoms with Crippen LogP contribution in [0, 0.1) is 11.7 Å². The van der Waals surface area contributed by atoms with Crippen LogP contribution < -0.4 is 0 Å². The first-order valence-electron chi connectivity index (χ1n) is 5.96. The van der Waals surface area contributed by atoms with Gasteiger partial charge in [0.1, 0.15) is 5.82 Å². The largest absolute Gasteiger partial charge is 0.293 e. The highest BCUT2D eigenvalue weighted by atomic mass is 32.2. The Hall–Kier alpha value is -0.830. The molecule has 0 saturated heterocycles. The minimum atomic E-state index is -0.304. The maximum absolute atomic E-state index is 12.7. The van der Waals surface area contributed by atoms with E-state index in [1.807, 2.05) is 6.92 Å². The van der Waals surface area contributed by atoms with E-state index in [2.05, 4.69) is 13.8 Å². The van der Waals surface area contributed by atoms with E-state index in [1.165, 1.54) is 12.1 Å². The minimum absolute atomic E-state index is 0.0607. The molecule has 1 aromatic carbocycles. The van der Waals surface area contributed by atoms with E-state index in [-0.39, 0.29) is 16.9 Å². The van der Waals surface area contributed by atoms with E-state index in [9.17, 15) is 9.18 Å². The van der Waals surface area contributed by atoms with Crippen molar-refractivity contribution in [3.8, 4) is 0 Å². The van der Waals surface area contributed by atoms with Gasteiger partial charge in [-0.3, -0.25) is 4.79 Å². The molecule has 3 heteroatoms. The zero-order valence-corrected chi connectivity index (χ0v) is 11.4. The molecule has 0 N–H and O–H groups in total. The summed E-state index contributed by atoms with van der Waals surface area (Å²) in [5.74, 6) is 1.40. The second kappa shape index (κ2) is 6.80. The van der Waals surface area contributed by atoms with E-state index in [4.69, 9.17) is 0 Å². The van der Waals surface area contributed by atoms with Crippen LogP contribution in [-0.4, -0.2) is 16.8 Å². The van der Waals surface area contributed by atoms with E-state index < -0.39 is 0 Å². The zero-order valence-electron chi connectivity index (χ0n) is 10.6. The highest BCUT2D eigenvalue weighted by Gasteiger charge is 2.16. The van der Waals surface area contributed by atoms with Crippen molar-refractivity contribution >= 4 is 17.5 Å². The van der Waals surface area contributed by atoms with Crippen molar-refractivity contribution in [1.29, 1.82) is 0 Å². The van der Waals surface area contributed by atoms with Crippen molar-refractivity contribution in [2.24, 2.45) is 5.92 Å². The number of ketones is 1. The predicted molar refractivity (Wildman–Crippen MR) is 72.1 cm³/mol. The lowest BCUT2D eigenvalue weighted by Gasteiger charge is -2.13. The fourth-order valence-corrected chi connectivity index (χ4v) is 2.49. The van der Waals surface area contributed by atoms with Crippen molar-refractivity contribution in [3.05, 3.63) is 35.6 Å². The summed E-state index contributed by atoms with van der Waals surface area (Å²) in [5.41, 5.74) is 0.593. The first-order valence-corrected chi connectivity index (χ1v) is 7.00. The number of carbonyl (C=O) groups is 1. The van der Waals surface area contributed by atoms with E-state index in [0.717, 1.165) is 12.2 Å². The molecule has 0 bridgehead atoms. The van der Waals surface area contributed by atoms with Gasteiger partial charge in [0, 0.05) is 5.56 Å². The molecule has 0 radical (unpaired) electrons. The van der Waals surface area contributed by atoms with Gasteiger partial charge in [0.25, 0.3) is 0 Å². The number of rotatable bonds is 6. The molecule has 0 aromatic heterocycles. The summed E-state index contributed by atoms with van der Waals surface area (Å²) in [7, 11) is 0. The molecule has 2 unspecified atom stereocenters. The number of hydrogen-bond acceptors (Lipinski definition) is 2. The fraction of sp³-hybridized carbons (Fsp3) is 0.500. The summed E-state index contributed by atoms with van der Waals surface area (Å²) in [6.07, 6.45) is 1.13. The van der Waals surface area contributed by atoms with Crippen LogP contribution in [0.15, 0.2) is 24.3 Å². The highest BCUT2D eigenvalue weighted by molar-refractivity contribution is 8.00. The van der Waals surface area contributed by atoms with Gasteiger partial charge in [-0.15, -0.1) is 0 Å². The Balaban J connectivity index is 2.54. The third kappa shape index (κ3) is 4.50. The highest BCUT2D eigenvalue weighted by Crippen LogP contribution is 2.20. The Labute approximate surface area is 107 Å². The van der Waals surface area contributed by atoms with Gasteiger partial charge >= 0.3 is 0 Å². The van der Waals surface area contributed by atoms with Crippen molar-refractivity contribution in [1.82, 2.24) is 0 Å². The van der Waals surface area contributed by atoms with Crippen LogP contribution >= 0.6 is 11.8 Å². The Bertz CT molecular complexity index is 361. The molecule has 1 nitrogen and oxygen atoms in total. The molecule has 0 aliphatic rings. The summed E-state index contributed by atoms with van der Waals surface area (Å²) in [4.78, 5) is 12.0. The quantitative estimate of drug-likeness (QED) is 0.708. The van der Waals surface area contributed by atoms with Crippen LogP contribution in [0.5, 0.6) is 0 Å². The predicted octanol–water partition coefficient (Wildman–Crippen LogP) is 4.18. The van der Waals surface area contributed by atoms with Crippen molar-refractivity contribution in [3.63, 3.8) is 0 Å². The fourth-order valence-electron chi connectivity index (χ4n) is 1.35. The monoisotopic (exact) mass is 254 g/mol. The third-order valence-corrected chi connectivity index (χ3v) is 4.30. The Morgan fingerprint density at radius 1 is 1.29 bits per heavy atom. The van der Waals surface area contributed by atoms with Crippen LogP contribution in [-0.2, 0) is 0 Å². The topological polar surface area (TPSA) is 17.1 Å². The van der Waals surface area contributed by atoms with Gasteiger partial charge in [-0.1, -0.05) is 20.3 Å². The SMILES string of the molecule is CCC(C)CSC(C)C(=O)c1ccc(F)cc1. The second-order valence-corrected chi connectivity index (χ2v) is 5.73. The number of halogens is 1. The lowest BCUT2D eigenvalue weighted by atomic mass is 10.1. The van der Waals surface area contributed by atoms with Crippen molar-refractivity contribution in [2.75, 3.05) is 5.75 Å². The molecule has 0 spiro atoms. The molecule has 1 aromatic rings. The van der Waals surface area contributed by atoms with E-state index >= 15 is 0 Å². The van der Waals surface area contributed by atoms with Gasteiger partial charge < -0.3 is 0 Å². The molecule has 0 aliphatic heterocycles. The molecule has 17 heavy (non-hydrogen) atoms. The number of Topliss-reactive ketones (excluding diaryl/α,β-unsaturated/α-hetero) is 1. The molecule has 0 aliphatic carbocycles. The van der Waals surface area contributed by atoms with Gasteiger partial charge in [0.05, 0.1) is 5.25 Å².